The normalized spacial score (nSPS) is 15.0. The van der Waals surface area contributed by atoms with Crippen LogP contribution in [0.25, 0.3) is 0 Å². The highest BCUT2D eigenvalue weighted by Gasteiger charge is 2.23. The number of carbonyl (C=O) groups is 1. The molecule has 1 unspecified atom stereocenters. The summed E-state index contributed by atoms with van der Waals surface area (Å²) in [5.74, 6) is 0.801. The third kappa shape index (κ3) is 3.49. The number of halogens is 1. The molecule has 1 aliphatic heterocycles. The predicted octanol–water partition coefficient (Wildman–Crippen LogP) is 1.60. The molecule has 1 heterocycles. The van der Waals surface area contributed by atoms with Crippen molar-refractivity contribution in [1.29, 1.82) is 0 Å². The first-order chi connectivity index (χ1) is 11.5. The molecule has 3 rings (SSSR count). The van der Waals surface area contributed by atoms with Crippen molar-refractivity contribution in [2.75, 3.05) is 19.2 Å². The molecule has 0 aliphatic carbocycles. The smallest absolute Gasteiger partial charge is 0.282 e. The fourth-order valence-electron chi connectivity index (χ4n) is 2.55. The lowest BCUT2D eigenvalue weighted by atomic mass is 10.1. The molecular formula is C18H20FN2O3+. The van der Waals surface area contributed by atoms with Crippen LogP contribution in [0.3, 0.4) is 0 Å². The lowest BCUT2D eigenvalue weighted by Crippen LogP contribution is -3.12. The summed E-state index contributed by atoms with van der Waals surface area (Å²) < 4.78 is 24.3. The second kappa shape index (κ2) is 6.88. The summed E-state index contributed by atoms with van der Waals surface area (Å²) in [7, 11) is 1.93. The zero-order valence-electron chi connectivity index (χ0n) is 13.6. The van der Waals surface area contributed by atoms with E-state index in [0.717, 1.165) is 22.0 Å². The van der Waals surface area contributed by atoms with E-state index in [-0.39, 0.29) is 24.4 Å². The highest BCUT2D eigenvalue weighted by molar-refractivity contribution is 5.93. The number of anilines is 1. The van der Waals surface area contributed by atoms with Gasteiger partial charge in [-0.05, 0) is 37.3 Å². The molecule has 6 heteroatoms. The lowest BCUT2D eigenvalue weighted by Gasteiger charge is -2.21. The van der Waals surface area contributed by atoms with Gasteiger partial charge in [-0.25, -0.2) is 4.39 Å². The number of hydrogen-bond acceptors (Lipinski definition) is 3. The summed E-state index contributed by atoms with van der Waals surface area (Å²) in [6, 6.07) is 11.6. The molecule has 0 fully saturated rings. The number of fused-ring (bicyclic) bond motifs is 1. The first-order valence-corrected chi connectivity index (χ1v) is 7.81. The Morgan fingerprint density at radius 1 is 1.25 bits per heavy atom. The van der Waals surface area contributed by atoms with Gasteiger partial charge in [0.05, 0.1) is 12.7 Å². The van der Waals surface area contributed by atoms with E-state index in [4.69, 9.17) is 9.47 Å². The lowest BCUT2D eigenvalue weighted by molar-refractivity contribution is -0.907. The average Bonchev–Trinajstić information content (AvgIpc) is 3.03. The summed E-state index contributed by atoms with van der Waals surface area (Å²) in [5, 5.41) is 2.64. The van der Waals surface area contributed by atoms with Crippen molar-refractivity contribution in [2.24, 2.45) is 0 Å². The molecule has 126 valence electrons. The van der Waals surface area contributed by atoms with Crippen LogP contribution in [0.4, 0.5) is 10.1 Å². The number of carbonyl (C=O) groups excluding carboxylic acids is 1. The zero-order chi connectivity index (χ0) is 17.1. The molecule has 24 heavy (non-hydrogen) atoms. The molecule has 0 saturated carbocycles. The molecule has 2 aromatic carbocycles. The van der Waals surface area contributed by atoms with Gasteiger partial charge in [-0.2, -0.15) is 0 Å². The van der Waals surface area contributed by atoms with Crippen molar-refractivity contribution in [3.8, 4) is 11.5 Å². The standard InChI is InChI=1S/C18H19FN2O3/c1-12(18(22)20-15-6-4-3-5-14(15)19)21(2)10-13-7-8-16-17(9-13)24-11-23-16/h3-9,12H,10-11H2,1-2H3,(H,20,22)/p+1/t12-/m0/s1. The number of hydrogen-bond donors (Lipinski definition) is 2. The van der Waals surface area contributed by atoms with E-state index in [1.165, 1.54) is 6.07 Å². The van der Waals surface area contributed by atoms with E-state index in [0.29, 0.717) is 6.54 Å². The summed E-state index contributed by atoms with van der Waals surface area (Å²) in [5.41, 5.74) is 1.24. The van der Waals surface area contributed by atoms with Crippen LogP contribution in [0, 0.1) is 5.82 Å². The van der Waals surface area contributed by atoms with E-state index in [2.05, 4.69) is 5.32 Å². The Bertz CT molecular complexity index is 751. The molecule has 0 spiro atoms. The second-order valence-electron chi connectivity index (χ2n) is 5.90. The molecule has 0 saturated heterocycles. The van der Waals surface area contributed by atoms with Crippen LogP contribution in [0.2, 0.25) is 0 Å². The highest BCUT2D eigenvalue weighted by atomic mass is 19.1. The predicted molar refractivity (Wildman–Crippen MR) is 87.6 cm³/mol. The van der Waals surface area contributed by atoms with Crippen LogP contribution in [0.5, 0.6) is 11.5 Å². The van der Waals surface area contributed by atoms with E-state index in [9.17, 15) is 9.18 Å². The quantitative estimate of drug-likeness (QED) is 0.875. The van der Waals surface area contributed by atoms with E-state index < -0.39 is 5.82 Å². The van der Waals surface area contributed by atoms with Crippen LogP contribution >= 0.6 is 0 Å². The van der Waals surface area contributed by atoms with E-state index in [1.807, 2.05) is 32.2 Å². The summed E-state index contributed by atoms with van der Waals surface area (Å²) in [6.07, 6.45) is 0. The van der Waals surface area contributed by atoms with Gasteiger partial charge in [0.1, 0.15) is 12.4 Å². The first-order valence-electron chi connectivity index (χ1n) is 7.81. The SMILES string of the molecule is C[C@@H](C(=O)Nc1ccccc1F)[NH+](C)Cc1ccc2c(c1)OCO2. The number of quaternary nitrogens is 1. The summed E-state index contributed by atoms with van der Waals surface area (Å²) in [4.78, 5) is 13.3. The van der Waals surface area contributed by atoms with Crippen LogP contribution in [-0.2, 0) is 11.3 Å². The fourth-order valence-corrected chi connectivity index (χ4v) is 2.55. The maximum absolute atomic E-state index is 13.6. The molecule has 2 atom stereocenters. The number of para-hydroxylation sites is 1. The van der Waals surface area contributed by atoms with Crippen molar-refractivity contribution in [3.05, 3.63) is 53.8 Å². The van der Waals surface area contributed by atoms with Gasteiger partial charge in [0, 0.05) is 5.56 Å². The molecule has 1 aliphatic rings. The van der Waals surface area contributed by atoms with Gasteiger partial charge < -0.3 is 19.7 Å². The van der Waals surface area contributed by atoms with Gasteiger partial charge in [0.25, 0.3) is 5.91 Å². The molecule has 0 bridgehead atoms. The Morgan fingerprint density at radius 3 is 2.79 bits per heavy atom. The average molecular weight is 331 g/mol. The van der Waals surface area contributed by atoms with Crippen LogP contribution in [0.15, 0.2) is 42.5 Å². The van der Waals surface area contributed by atoms with Crippen molar-refractivity contribution in [2.45, 2.75) is 19.5 Å². The largest absolute Gasteiger partial charge is 0.454 e. The fraction of sp³-hybridized carbons (Fsp3) is 0.278. The maximum Gasteiger partial charge on any atom is 0.282 e. The number of rotatable bonds is 5. The van der Waals surface area contributed by atoms with Gasteiger partial charge >= 0.3 is 0 Å². The minimum Gasteiger partial charge on any atom is -0.454 e. The third-order valence-electron chi connectivity index (χ3n) is 4.18. The minimum atomic E-state index is -0.438. The van der Waals surface area contributed by atoms with Crippen molar-refractivity contribution in [3.63, 3.8) is 0 Å². The van der Waals surface area contributed by atoms with Crippen molar-refractivity contribution >= 4 is 11.6 Å². The Labute approximate surface area is 140 Å². The van der Waals surface area contributed by atoms with Gasteiger partial charge in [0.15, 0.2) is 17.5 Å². The van der Waals surface area contributed by atoms with Crippen LogP contribution < -0.4 is 19.7 Å². The second-order valence-corrected chi connectivity index (χ2v) is 5.90. The third-order valence-corrected chi connectivity index (χ3v) is 4.18. The van der Waals surface area contributed by atoms with Gasteiger partial charge in [-0.3, -0.25) is 4.79 Å². The van der Waals surface area contributed by atoms with Crippen molar-refractivity contribution < 1.29 is 23.6 Å². The summed E-state index contributed by atoms with van der Waals surface area (Å²) in [6.45, 7) is 2.70. The molecule has 1 amide bonds. The molecule has 2 aromatic rings. The van der Waals surface area contributed by atoms with Crippen LogP contribution in [-0.4, -0.2) is 25.8 Å². The molecule has 5 nitrogen and oxygen atoms in total. The van der Waals surface area contributed by atoms with Crippen LogP contribution in [0.1, 0.15) is 12.5 Å². The molecule has 2 N–H and O–H groups in total. The number of ether oxygens (including phenoxy) is 2. The molecular weight excluding hydrogens is 311 g/mol. The molecule has 0 aromatic heterocycles. The Morgan fingerprint density at radius 2 is 2.00 bits per heavy atom. The van der Waals surface area contributed by atoms with Crippen molar-refractivity contribution in [1.82, 2.24) is 0 Å². The number of likely N-dealkylation sites (N-methyl/N-ethyl adjacent to an activating group) is 1. The number of nitrogens with one attached hydrogen (secondary N) is 2. The number of amides is 1. The maximum atomic E-state index is 13.6. The summed E-state index contributed by atoms with van der Waals surface area (Å²) >= 11 is 0. The topological polar surface area (TPSA) is 52.0 Å². The van der Waals surface area contributed by atoms with E-state index in [1.54, 1.807) is 18.2 Å². The Kier molecular flexibility index (Phi) is 4.66. The minimum absolute atomic E-state index is 0.199. The zero-order valence-corrected chi connectivity index (χ0v) is 13.6. The Hall–Kier alpha value is -2.60. The van der Waals surface area contributed by atoms with Gasteiger partial charge in [0.2, 0.25) is 6.79 Å². The first kappa shape index (κ1) is 16.3. The number of benzene rings is 2. The Balaban J connectivity index is 1.63. The van der Waals surface area contributed by atoms with E-state index >= 15 is 0 Å². The monoisotopic (exact) mass is 331 g/mol. The highest BCUT2D eigenvalue weighted by Crippen LogP contribution is 2.32. The van der Waals surface area contributed by atoms with Gasteiger partial charge in [-0.1, -0.05) is 12.1 Å². The molecule has 0 radical (unpaired) electrons. The van der Waals surface area contributed by atoms with Gasteiger partial charge in [-0.15, -0.1) is 0 Å².